The number of hydrogen-bond acceptors (Lipinski definition) is 6. The lowest BCUT2D eigenvalue weighted by Gasteiger charge is -2.39. The van der Waals surface area contributed by atoms with Gasteiger partial charge in [0.05, 0.1) is 12.1 Å². The Balaban J connectivity index is 1.18. The number of carbonyl (C=O) groups is 2. The van der Waals surface area contributed by atoms with Crippen molar-refractivity contribution >= 4 is 11.8 Å². The molecule has 1 aromatic rings. The van der Waals surface area contributed by atoms with Crippen LogP contribution in [-0.4, -0.2) is 77.4 Å². The zero-order valence-corrected chi connectivity index (χ0v) is 18.5. The number of aliphatic hydroxyl groups excluding tert-OH is 1. The second-order valence-electron chi connectivity index (χ2n) is 9.54. The van der Waals surface area contributed by atoms with Crippen LogP contribution in [0.2, 0.25) is 0 Å². The van der Waals surface area contributed by atoms with E-state index in [1.165, 1.54) is 19.3 Å². The van der Waals surface area contributed by atoms with Crippen molar-refractivity contribution in [2.45, 2.75) is 75.6 Å². The average molecular weight is 444 g/mol. The fourth-order valence-corrected chi connectivity index (χ4v) is 5.66. The van der Waals surface area contributed by atoms with Crippen molar-refractivity contribution < 1.29 is 24.2 Å². The number of nitrogens with zero attached hydrogens (tertiary/aromatic N) is 2. The number of amides is 2. The molecule has 3 fully saturated rings. The van der Waals surface area contributed by atoms with Crippen LogP contribution >= 0.6 is 0 Å². The van der Waals surface area contributed by atoms with Crippen molar-refractivity contribution in [2.24, 2.45) is 0 Å². The summed E-state index contributed by atoms with van der Waals surface area (Å²) in [7, 11) is 0. The highest BCUT2D eigenvalue weighted by Crippen LogP contribution is 2.33. The van der Waals surface area contributed by atoms with Gasteiger partial charge in [0.1, 0.15) is 0 Å². The molecule has 1 aliphatic carbocycles. The summed E-state index contributed by atoms with van der Waals surface area (Å²) in [5, 5.41) is 13.6. The minimum absolute atomic E-state index is 0.00482. The molecule has 0 radical (unpaired) electrons. The van der Waals surface area contributed by atoms with Gasteiger partial charge in [-0.3, -0.25) is 14.5 Å². The summed E-state index contributed by atoms with van der Waals surface area (Å²) in [4.78, 5) is 30.1. The van der Waals surface area contributed by atoms with E-state index in [1.807, 2.05) is 4.90 Å². The van der Waals surface area contributed by atoms with Gasteiger partial charge in [-0.2, -0.15) is 0 Å². The first kappa shape index (κ1) is 21.5. The Kier molecular flexibility index (Phi) is 6.24. The monoisotopic (exact) mass is 443 g/mol. The van der Waals surface area contributed by atoms with Crippen molar-refractivity contribution in [3.63, 3.8) is 0 Å². The van der Waals surface area contributed by atoms with Gasteiger partial charge >= 0.3 is 0 Å². The van der Waals surface area contributed by atoms with E-state index in [0.717, 1.165) is 25.7 Å². The SMILES string of the molecule is O=C(NC1CCCCC1)[C@@H]1C[C@@H](O)CN1C1CCN(C(=O)c2ccc3c(c2)OCO3)CC1. The summed E-state index contributed by atoms with van der Waals surface area (Å²) in [6.07, 6.45) is 7.36. The molecule has 0 aromatic heterocycles. The highest BCUT2D eigenvalue weighted by atomic mass is 16.7. The molecule has 4 aliphatic rings. The zero-order valence-electron chi connectivity index (χ0n) is 18.5. The van der Waals surface area contributed by atoms with Gasteiger partial charge in [-0.1, -0.05) is 19.3 Å². The topological polar surface area (TPSA) is 91.3 Å². The van der Waals surface area contributed by atoms with Crippen LogP contribution in [0.15, 0.2) is 18.2 Å². The summed E-state index contributed by atoms with van der Waals surface area (Å²) in [5.74, 6) is 1.34. The molecule has 5 rings (SSSR count). The van der Waals surface area contributed by atoms with Crippen molar-refractivity contribution in [2.75, 3.05) is 26.4 Å². The van der Waals surface area contributed by atoms with Gasteiger partial charge in [0, 0.05) is 37.3 Å². The molecule has 8 nitrogen and oxygen atoms in total. The number of β-amino-alcohol motifs (C(OH)–C–C–N with tert-alkyl or cyclic N) is 1. The van der Waals surface area contributed by atoms with Crippen LogP contribution in [0.5, 0.6) is 11.5 Å². The predicted octanol–water partition coefficient (Wildman–Crippen LogP) is 1.90. The maximum absolute atomic E-state index is 13.0. The van der Waals surface area contributed by atoms with Crippen LogP contribution < -0.4 is 14.8 Å². The summed E-state index contributed by atoms with van der Waals surface area (Å²) < 4.78 is 10.7. The van der Waals surface area contributed by atoms with Crippen LogP contribution in [0.25, 0.3) is 0 Å². The first-order valence-corrected chi connectivity index (χ1v) is 12.0. The van der Waals surface area contributed by atoms with Crippen LogP contribution in [0.3, 0.4) is 0 Å². The minimum atomic E-state index is -0.467. The van der Waals surface area contributed by atoms with Gasteiger partial charge in [0.25, 0.3) is 5.91 Å². The number of piperidine rings is 1. The highest BCUT2D eigenvalue weighted by Gasteiger charge is 2.41. The van der Waals surface area contributed by atoms with E-state index in [-0.39, 0.29) is 36.7 Å². The Labute approximate surface area is 188 Å². The molecular formula is C24H33N3O5. The van der Waals surface area contributed by atoms with E-state index >= 15 is 0 Å². The predicted molar refractivity (Wildman–Crippen MR) is 118 cm³/mol. The van der Waals surface area contributed by atoms with Crippen LogP contribution in [0.1, 0.15) is 61.7 Å². The molecule has 1 aromatic carbocycles. The van der Waals surface area contributed by atoms with E-state index < -0.39 is 6.10 Å². The Bertz CT molecular complexity index is 848. The second kappa shape index (κ2) is 9.27. The van der Waals surface area contributed by atoms with Crippen LogP contribution in [0.4, 0.5) is 0 Å². The fraction of sp³-hybridized carbons (Fsp3) is 0.667. The van der Waals surface area contributed by atoms with Gasteiger partial charge in [0.15, 0.2) is 11.5 Å². The third-order valence-corrected chi connectivity index (χ3v) is 7.41. The normalized spacial score (nSPS) is 27.0. The van der Waals surface area contributed by atoms with Gasteiger partial charge in [-0.05, 0) is 50.3 Å². The molecule has 174 valence electrons. The summed E-state index contributed by atoms with van der Waals surface area (Å²) in [5.41, 5.74) is 0.606. The molecule has 2 saturated heterocycles. The molecule has 0 spiro atoms. The Morgan fingerprint density at radius 1 is 1.00 bits per heavy atom. The lowest BCUT2D eigenvalue weighted by atomic mass is 9.95. The maximum atomic E-state index is 13.0. The first-order valence-electron chi connectivity index (χ1n) is 12.0. The molecule has 3 aliphatic heterocycles. The van der Waals surface area contributed by atoms with E-state index in [1.54, 1.807) is 18.2 Å². The number of aliphatic hydroxyl groups is 1. The number of likely N-dealkylation sites (tertiary alicyclic amines) is 2. The Hall–Kier alpha value is -2.32. The fourth-order valence-electron chi connectivity index (χ4n) is 5.66. The van der Waals surface area contributed by atoms with Crippen molar-refractivity contribution in [3.05, 3.63) is 23.8 Å². The van der Waals surface area contributed by atoms with Crippen molar-refractivity contribution in [3.8, 4) is 11.5 Å². The summed E-state index contributed by atoms with van der Waals surface area (Å²) in [6.45, 7) is 2.00. The smallest absolute Gasteiger partial charge is 0.253 e. The molecule has 0 unspecified atom stereocenters. The Morgan fingerprint density at radius 3 is 2.53 bits per heavy atom. The maximum Gasteiger partial charge on any atom is 0.253 e. The van der Waals surface area contributed by atoms with Gasteiger partial charge in [-0.25, -0.2) is 0 Å². The minimum Gasteiger partial charge on any atom is -0.454 e. The quantitative estimate of drug-likeness (QED) is 0.739. The molecule has 2 amide bonds. The van der Waals surface area contributed by atoms with Gasteiger partial charge < -0.3 is 24.8 Å². The highest BCUT2D eigenvalue weighted by molar-refractivity contribution is 5.95. The number of benzene rings is 1. The van der Waals surface area contributed by atoms with Gasteiger partial charge in [0.2, 0.25) is 12.7 Å². The second-order valence-corrected chi connectivity index (χ2v) is 9.54. The molecule has 0 bridgehead atoms. The van der Waals surface area contributed by atoms with Crippen LogP contribution in [0, 0.1) is 0 Å². The lowest BCUT2D eigenvalue weighted by Crippen LogP contribution is -2.53. The van der Waals surface area contributed by atoms with Gasteiger partial charge in [-0.15, -0.1) is 0 Å². The summed E-state index contributed by atoms with van der Waals surface area (Å²) in [6, 6.07) is 5.52. The molecule has 32 heavy (non-hydrogen) atoms. The number of fused-ring (bicyclic) bond motifs is 1. The largest absolute Gasteiger partial charge is 0.454 e. The molecule has 2 N–H and O–H groups in total. The lowest BCUT2D eigenvalue weighted by molar-refractivity contribution is -0.127. The van der Waals surface area contributed by atoms with E-state index in [4.69, 9.17) is 9.47 Å². The first-order chi connectivity index (χ1) is 15.6. The third kappa shape index (κ3) is 4.43. The number of carbonyl (C=O) groups excluding carboxylic acids is 2. The Morgan fingerprint density at radius 2 is 1.75 bits per heavy atom. The number of rotatable bonds is 4. The zero-order chi connectivity index (χ0) is 22.1. The molecule has 3 heterocycles. The third-order valence-electron chi connectivity index (χ3n) is 7.41. The van der Waals surface area contributed by atoms with Crippen molar-refractivity contribution in [1.82, 2.24) is 15.1 Å². The van der Waals surface area contributed by atoms with Crippen LogP contribution in [-0.2, 0) is 4.79 Å². The average Bonchev–Trinajstić information content (AvgIpc) is 3.45. The van der Waals surface area contributed by atoms with Crippen molar-refractivity contribution in [1.29, 1.82) is 0 Å². The van der Waals surface area contributed by atoms with E-state index in [0.29, 0.717) is 43.1 Å². The molecule has 1 saturated carbocycles. The van der Waals surface area contributed by atoms with E-state index in [2.05, 4.69) is 10.2 Å². The number of hydrogen-bond donors (Lipinski definition) is 2. The molecule has 2 atom stereocenters. The summed E-state index contributed by atoms with van der Waals surface area (Å²) >= 11 is 0. The standard InChI is InChI=1S/C24H33N3O5/c28-19-13-20(23(29)25-17-4-2-1-3-5-17)27(14-19)18-8-10-26(11-9-18)24(30)16-6-7-21-22(12-16)32-15-31-21/h6-7,12,17-20,28H,1-5,8-11,13-15H2,(H,25,29)/t19-,20+/m1/s1. The van der Waals surface area contributed by atoms with E-state index in [9.17, 15) is 14.7 Å². The molecular weight excluding hydrogens is 410 g/mol. The molecule has 8 heteroatoms. The number of ether oxygens (including phenoxy) is 2. The number of nitrogens with one attached hydrogen (secondary N) is 1.